The molecule has 3 atom stereocenters. The van der Waals surface area contributed by atoms with Crippen molar-refractivity contribution in [2.45, 2.75) is 31.3 Å². The summed E-state index contributed by atoms with van der Waals surface area (Å²) in [7, 11) is 1.77. The zero-order chi connectivity index (χ0) is 20.5. The maximum atomic E-state index is 5.76. The van der Waals surface area contributed by atoms with Crippen molar-refractivity contribution in [3.63, 3.8) is 0 Å². The molecule has 5 rings (SSSR count). The van der Waals surface area contributed by atoms with Crippen LogP contribution in [0.3, 0.4) is 0 Å². The average Bonchev–Trinajstić information content (AvgIpc) is 3.61. The van der Waals surface area contributed by atoms with E-state index in [0.29, 0.717) is 12.1 Å². The van der Waals surface area contributed by atoms with Crippen LogP contribution in [0.1, 0.15) is 24.8 Å². The molecule has 30 heavy (non-hydrogen) atoms. The van der Waals surface area contributed by atoms with Crippen LogP contribution in [0.15, 0.2) is 78.9 Å². The number of hydrogen-bond acceptors (Lipinski definition) is 3. The molecule has 0 radical (unpaired) electrons. The highest BCUT2D eigenvalue weighted by Gasteiger charge is 2.44. The van der Waals surface area contributed by atoms with Crippen LogP contribution in [-0.4, -0.2) is 43.7 Å². The number of anilines is 1. The van der Waals surface area contributed by atoms with E-state index in [1.807, 2.05) is 6.07 Å². The molecule has 0 aromatic heterocycles. The van der Waals surface area contributed by atoms with Crippen molar-refractivity contribution < 1.29 is 4.74 Å². The number of rotatable bonds is 5. The van der Waals surface area contributed by atoms with Crippen molar-refractivity contribution in [1.29, 1.82) is 0 Å². The lowest BCUT2D eigenvalue weighted by atomic mass is 10.0. The Bertz CT molecular complexity index is 988. The monoisotopic (exact) mass is 398 g/mol. The van der Waals surface area contributed by atoms with Gasteiger partial charge in [-0.15, -0.1) is 0 Å². The Kier molecular flexibility index (Phi) is 5.22. The number of ether oxygens (including phenoxy) is 1. The largest absolute Gasteiger partial charge is 0.496 e. The lowest BCUT2D eigenvalue weighted by molar-refractivity contribution is 0.216. The van der Waals surface area contributed by atoms with Crippen LogP contribution in [0, 0.1) is 0 Å². The second-order valence-corrected chi connectivity index (χ2v) is 8.61. The minimum atomic E-state index is 0.489. The van der Waals surface area contributed by atoms with Crippen LogP contribution >= 0.6 is 0 Å². The van der Waals surface area contributed by atoms with Gasteiger partial charge in [0.15, 0.2) is 0 Å². The molecular weight excluding hydrogens is 368 g/mol. The summed E-state index contributed by atoms with van der Waals surface area (Å²) >= 11 is 0. The number of piperazine rings is 1. The Balaban J connectivity index is 1.29. The molecule has 1 heterocycles. The molecule has 0 N–H and O–H groups in total. The van der Waals surface area contributed by atoms with Gasteiger partial charge in [-0.25, -0.2) is 0 Å². The van der Waals surface area contributed by atoms with Gasteiger partial charge < -0.3 is 9.64 Å². The van der Waals surface area contributed by atoms with Crippen molar-refractivity contribution in [2.75, 3.05) is 31.6 Å². The summed E-state index contributed by atoms with van der Waals surface area (Å²) in [4.78, 5) is 5.24. The summed E-state index contributed by atoms with van der Waals surface area (Å²) in [5.74, 6) is 1.66. The van der Waals surface area contributed by atoms with Crippen LogP contribution in [0.5, 0.6) is 5.75 Å². The van der Waals surface area contributed by atoms with E-state index in [1.54, 1.807) is 7.11 Å². The molecule has 0 amide bonds. The van der Waals surface area contributed by atoms with Gasteiger partial charge >= 0.3 is 0 Å². The van der Waals surface area contributed by atoms with Gasteiger partial charge in [-0.2, -0.15) is 0 Å². The predicted molar refractivity (Wildman–Crippen MR) is 124 cm³/mol. The van der Waals surface area contributed by atoms with E-state index in [4.69, 9.17) is 4.74 Å². The first kappa shape index (κ1) is 19.2. The van der Waals surface area contributed by atoms with Gasteiger partial charge in [0.2, 0.25) is 0 Å². The molecule has 0 bridgehead atoms. The summed E-state index contributed by atoms with van der Waals surface area (Å²) in [5, 5.41) is 0. The maximum Gasteiger partial charge on any atom is 0.128 e. The molecule has 3 nitrogen and oxygen atoms in total. The van der Waals surface area contributed by atoms with Crippen LogP contribution < -0.4 is 9.64 Å². The third-order valence-corrected chi connectivity index (χ3v) is 6.71. The van der Waals surface area contributed by atoms with Gasteiger partial charge in [-0.1, -0.05) is 60.7 Å². The first-order valence-electron chi connectivity index (χ1n) is 11.0. The zero-order valence-corrected chi connectivity index (χ0v) is 17.9. The lowest BCUT2D eigenvalue weighted by Gasteiger charge is -2.42. The fourth-order valence-electron chi connectivity index (χ4n) is 5.03. The zero-order valence-electron chi connectivity index (χ0n) is 17.9. The molecule has 0 spiro atoms. The standard InChI is InChI=1S/C27H30N2O/c1-20-19-28(26-18-25(26)22-11-7-4-8-12-22)15-16-29(20)23-13-14-24(27(17-23)30-2)21-9-5-3-6-10-21/h3-14,17,20,25-26H,15-16,18-19H2,1-2H3. The number of methoxy groups -OCH3 is 1. The maximum absolute atomic E-state index is 5.76. The van der Waals surface area contributed by atoms with Gasteiger partial charge in [0.1, 0.15) is 5.75 Å². The average molecular weight is 399 g/mol. The van der Waals surface area contributed by atoms with Gasteiger partial charge in [0, 0.05) is 55.0 Å². The predicted octanol–water partition coefficient (Wildman–Crippen LogP) is 5.43. The van der Waals surface area contributed by atoms with Crippen LogP contribution in [0.4, 0.5) is 5.69 Å². The summed E-state index contributed by atoms with van der Waals surface area (Å²) < 4.78 is 5.76. The number of benzene rings is 3. The molecule has 3 aromatic carbocycles. The van der Waals surface area contributed by atoms with E-state index in [-0.39, 0.29) is 0 Å². The summed E-state index contributed by atoms with van der Waals surface area (Å²) in [5.41, 5.74) is 5.10. The molecule has 1 saturated heterocycles. The summed E-state index contributed by atoms with van der Waals surface area (Å²) in [6, 6.07) is 29.3. The summed E-state index contributed by atoms with van der Waals surface area (Å²) in [6.45, 7) is 5.66. The molecule has 3 unspecified atom stereocenters. The normalized spacial score (nSPS) is 23.9. The van der Waals surface area contributed by atoms with Crippen LogP contribution in [0.25, 0.3) is 11.1 Å². The molecule has 1 aliphatic carbocycles. The fraction of sp³-hybridized carbons (Fsp3) is 0.333. The molecular formula is C27H30N2O. The first-order chi connectivity index (χ1) is 14.7. The van der Waals surface area contributed by atoms with Crippen LogP contribution in [-0.2, 0) is 0 Å². The first-order valence-corrected chi connectivity index (χ1v) is 11.0. The molecule has 3 aromatic rings. The Hall–Kier alpha value is -2.78. The quantitative estimate of drug-likeness (QED) is 0.570. The third-order valence-electron chi connectivity index (χ3n) is 6.71. The van der Waals surface area contributed by atoms with Gasteiger partial charge in [0.25, 0.3) is 0 Å². The number of nitrogens with zero attached hydrogens (tertiary/aromatic N) is 2. The molecule has 1 aliphatic heterocycles. The second kappa shape index (κ2) is 8.16. The topological polar surface area (TPSA) is 15.7 Å². The van der Waals surface area contributed by atoms with Gasteiger partial charge in [0.05, 0.1) is 7.11 Å². The Labute approximate surface area is 179 Å². The Morgan fingerprint density at radius 1 is 0.867 bits per heavy atom. The van der Waals surface area contributed by atoms with Crippen molar-refractivity contribution in [2.24, 2.45) is 0 Å². The number of hydrogen-bond donors (Lipinski definition) is 0. The SMILES string of the molecule is COc1cc(N2CCN(C3CC3c3ccccc3)CC2C)ccc1-c1ccccc1. The van der Waals surface area contributed by atoms with Crippen molar-refractivity contribution in [1.82, 2.24) is 4.90 Å². The molecule has 2 aliphatic rings. The molecule has 1 saturated carbocycles. The Morgan fingerprint density at radius 3 is 2.30 bits per heavy atom. The fourth-order valence-corrected chi connectivity index (χ4v) is 5.03. The molecule has 2 fully saturated rings. The van der Waals surface area contributed by atoms with Gasteiger partial charge in [-0.3, -0.25) is 4.90 Å². The Morgan fingerprint density at radius 2 is 1.60 bits per heavy atom. The van der Waals surface area contributed by atoms with Crippen LogP contribution in [0.2, 0.25) is 0 Å². The third kappa shape index (κ3) is 3.70. The minimum absolute atomic E-state index is 0.489. The highest BCUT2D eigenvalue weighted by Crippen LogP contribution is 2.45. The highest BCUT2D eigenvalue weighted by molar-refractivity contribution is 5.73. The molecule has 154 valence electrons. The van der Waals surface area contributed by atoms with E-state index >= 15 is 0 Å². The highest BCUT2D eigenvalue weighted by atomic mass is 16.5. The van der Waals surface area contributed by atoms with Crippen molar-refractivity contribution >= 4 is 5.69 Å². The van der Waals surface area contributed by atoms with E-state index in [2.05, 4.69) is 89.5 Å². The molecule has 3 heteroatoms. The van der Waals surface area contributed by atoms with Gasteiger partial charge in [-0.05, 0) is 36.6 Å². The second-order valence-electron chi connectivity index (χ2n) is 8.61. The van der Waals surface area contributed by atoms with E-state index in [9.17, 15) is 0 Å². The van der Waals surface area contributed by atoms with E-state index < -0.39 is 0 Å². The van der Waals surface area contributed by atoms with E-state index in [0.717, 1.165) is 36.9 Å². The smallest absolute Gasteiger partial charge is 0.128 e. The van der Waals surface area contributed by atoms with Crippen molar-refractivity contribution in [3.05, 3.63) is 84.4 Å². The lowest BCUT2D eigenvalue weighted by Crippen LogP contribution is -2.52. The van der Waals surface area contributed by atoms with E-state index in [1.165, 1.54) is 23.2 Å². The minimum Gasteiger partial charge on any atom is -0.496 e. The summed E-state index contributed by atoms with van der Waals surface area (Å²) in [6.07, 6.45) is 1.30. The van der Waals surface area contributed by atoms with Crippen molar-refractivity contribution in [3.8, 4) is 16.9 Å².